The maximum atomic E-state index is 13.3. The average Bonchev–Trinajstić information content (AvgIpc) is 2.95. The number of carbonyl (C=O) groups is 1. The summed E-state index contributed by atoms with van der Waals surface area (Å²) in [7, 11) is 0. The van der Waals surface area contributed by atoms with Crippen molar-refractivity contribution < 1.29 is 18.0 Å². The summed E-state index contributed by atoms with van der Waals surface area (Å²) >= 11 is 0. The molecular weight excluding hydrogens is 353 g/mol. The molecule has 6 heteroatoms. The third kappa shape index (κ3) is 3.12. The highest BCUT2D eigenvalue weighted by atomic mass is 19.4. The zero-order valence-electron chi connectivity index (χ0n) is 14.8. The molecule has 2 aliphatic rings. The Morgan fingerprint density at radius 1 is 1.04 bits per heavy atom. The first-order valence-corrected chi connectivity index (χ1v) is 9.18. The molecule has 1 fully saturated rings. The van der Waals surface area contributed by atoms with Gasteiger partial charge in [0, 0.05) is 11.5 Å². The van der Waals surface area contributed by atoms with Crippen molar-refractivity contribution in [1.29, 1.82) is 0 Å². The summed E-state index contributed by atoms with van der Waals surface area (Å²) in [6.45, 7) is 1.67. The number of halogens is 3. The van der Waals surface area contributed by atoms with E-state index in [1.54, 1.807) is 0 Å². The molecule has 142 valence electrons. The molecule has 2 aromatic rings. The summed E-state index contributed by atoms with van der Waals surface area (Å²) in [4.78, 5) is 12.8. The molecule has 2 aromatic carbocycles. The molecule has 1 aliphatic carbocycles. The molecule has 1 heterocycles. The van der Waals surface area contributed by atoms with Crippen LogP contribution in [-0.2, 0) is 18.0 Å². The van der Waals surface area contributed by atoms with Crippen molar-refractivity contribution in [2.24, 2.45) is 0 Å². The Labute approximate surface area is 156 Å². The number of nitrogens with one attached hydrogen (secondary N) is 2. The number of hydrogen-bond acceptors (Lipinski definition) is 2. The van der Waals surface area contributed by atoms with Crippen molar-refractivity contribution in [3.8, 4) is 0 Å². The Hall–Kier alpha value is -2.34. The molecule has 3 nitrogen and oxygen atoms in total. The van der Waals surface area contributed by atoms with Crippen LogP contribution in [0.15, 0.2) is 48.5 Å². The number of carbonyl (C=O) groups excluding carboxylic acids is 1. The average molecular weight is 374 g/mol. The second-order valence-corrected chi connectivity index (χ2v) is 7.34. The number of fused-ring (bicyclic) bond motifs is 2. The number of piperidine rings is 1. The van der Waals surface area contributed by atoms with Crippen LogP contribution in [0.5, 0.6) is 0 Å². The smallest absolute Gasteiger partial charge is 0.348 e. The largest absolute Gasteiger partial charge is 0.417 e. The summed E-state index contributed by atoms with van der Waals surface area (Å²) in [5.41, 5.74) is 0.974. The standard InChI is InChI=1S/C21H21F3N2O/c22-21(23,24)17-8-4-2-6-15(17)19(27)26-18-13-14-5-1-3-7-16(14)20(18)9-11-25-12-10-20/h1-8,18,25H,9-13H2,(H,26,27). The van der Waals surface area contributed by atoms with E-state index in [1.165, 1.54) is 29.3 Å². The fraction of sp³-hybridized carbons (Fsp3) is 0.381. The minimum atomic E-state index is -4.56. The first-order chi connectivity index (χ1) is 12.9. The maximum Gasteiger partial charge on any atom is 0.417 e. The molecule has 1 atom stereocenters. The van der Waals surface area contributed by atoms with Crippen LogP contribution >= 0.6 is 0 Å². The molecule has 0 aromatic heterocycles. The van der Waals surface area contributed by atoms with Crippen molar-refractivity contribution in [2.45, 2.75) is 36.9 Å². The SMILES string of the molecule is O=C(NC1Cc2ccccc2C12CCNCC2)c1ccccc1C(F)(F)F. The first-order valence-electron chi connectivity index (χ1n) is 9.18. The highest BCUT2D eigenvalue weighted by Crippen LogP contribution is 2.45. The molecule has 2 N–H and O–H groups in total. The van der Waals surface area contributed by atoms with Crippen molar-refractivity contribution in [3.63, 3.8) is 0 Å². The predicted octanol–water partition coefficient (Wildman–Crippen LogP) is 3.68. The van der Waals surface area contributed by atoms with E-state index in [1.807, 2.05) is 12.1 Å². The quantitative estimate of drug-likeness (QED) is 0.842. The topological polar surface area (TPSA) is 41.1 Å². The fourth-order valence-corrected chi connectivity index (χ4v) is 4.63. The summed E-state index contributed by atoms with van der Waals surface area (Å²) in [5.74, 6) is -0.654. The predicted molar refractivity (Wildman–Crippen MR) is 96.6 cm³/mol. The number of hydrogen-bond donors (Lipinski definition) is 2. The second-order valence-electron chi connectivity index (χ2n) is 7.34. The van der Waals surface area contributed by atoms with Gasteiger partial charge in [-0.3, -0.25) is 4.79 Å². The van der Waals surface area contributed by atoms with Gasteiger partial charge in [0.2, 0.25) is 0 Å². The van der Waals surface area contributed by atoms with Crippen LogP contribution in [0.2, 0.25) is 0 Å². The Balaban J connectivity index is 1.66. The maximum absolute atomic E-state index is 13.3. The summed E-state index contributed by atoms with van der Waals surface area (Å²) in [5, 5.41) is 6.29. The van der Waals surface area contributed by atoms with Crippen molar-refractivity contribution >= 4 is 5.91 Å². The highest BCUT2D eigenvalue weighted by Gasteiger charge is 2.48. The number of benzene rings is 2. The number of rotatable bonds is 2. The summed E-state index contributed by atoms with van der Waals surface area (Å²) in [6, 6.07) is 12.9. The van der Waals surface area contributed by atoms with Gasteiger partial charge in [-0.05, 0) is 55.6 Å². The molecule has 0 radical (unpaired) electrons. The van der Waals surface area contributed by atoms with Gasteiger partial charge in [-0.1, -0.05) is 36.4 Å². The van der Waals surface area contributed by atoms with Crippen LogP contribution < -0.4 is 10.6 Å². The lowest BCUT2D eigenvalue weighted by atomic mass is 9.71. The minimum absolute atomic E-state index is 0.203. The van der Waals surface area contributed by atoms with Gasteiger partial charge in [-0.15, -0.1) is 0 Å². The zero-order valence-corrected chi connectivity index (χ0v) is 14.8. The Bertz CT molecular complexity index is 857. The van der Waals surface area contributed by atoms with Crippen LogP contribution in [0.4, 0.5) is 13.2 Å². The van der Waals surface area contributed by atoms with Gasteiger partial charge >= 0.3 is 6.18 Å². The van der Waals surface area contributed by atoms with Crippen LogP contribution in [0.3, 0.4) is 0 Å². The van der Waals surface area contributed by atoms with Crippen molar-refractivity contribution in [1.82, 2.24) is 10.6 Å². The van der Waals surface area contributed by atoms with E-state index in [4.69, 9.17) is 0 Å². The molecule has 1 unspecified atom stereocenters. The van der Waals surface area contributed by atoms with E-state index in [-0.39, 0.29) is 17.0 Å². The third-order valence-corrected chi connectivity index (χ3v) is 5.92. The van der Waals surface area contributed by atoms with Gasteiger partial charge in [0.15, 0.2) is 0 Å². The molecule has 1 aliphatic heterocycles. The number of alkyl halides is 3. The van der Waals surface area contributed by atoms with Gasteiger partial charge in [-0.2, -0.15) is 13.2 Å². The Morgan fingerprint density at radius 2 is 1.70 bits per heavy atom. The van der Waals surface area contributed by atoms with Gasteiger partial charge in [0.25, 0.3) is 5.91 Å². The zero-order chi connectivity index (χ0) is 19.1. The number of amides is 1. The molecule has 1 spiro atoms. The van der Waals surface area contributed by atoms with E-state index in [9.17, 15) is 18.0 Å². The van der Waals surface area contributed by atoms with E-state index >= 15 is 0 Å². The molecule has 4 rings (SSSR count). The van der Waals surface area contributed by atoms with Crippen molar-refractivity contribution in [3.05, 3.63) is 70.8 Å². The summed E-state index contributed by atoms with van der Waals surface area (Å²) in [6.07, 6.45) is -2.19. The monoisotopic (exact) mass is 374 g/mol. The highest BCUT2D eigenvalue weighted by molar-refractivity contribution is 5.96. The third-order valence-electron chi connectivity index (χ3n) is 5.92. The lowest BCUT2D eigenvalue weighted by Gasteiger charge is -2.40. The van der Waals surface area contributed by atoms with Crippen LogP contribution in [-0.4, -0.2) is 25.0 Å². The normalized spacial score (nSPS) is 21.1. The lowest BCUT2D eigenvalue weighted by Crippen LogP contribution is -2.53. The van der Waals surface area contributed by atoms with Crippen molar-refractivity contribution in [2.75, 3.05) is 13.1 Å². The van der Waals surface area contributed by atoms with E-state index < -0.39 is 17.6 Å². The molecule has 1 saturated heterocycles. The van der Waals surface area contributed by atoms with E-state index in [0.29, 0.717) is 6.42 Å². The van der Waals surface area contributed by atoms with Crippen LogP contribution in [0.1, 0.15) is 39.9 Å². The second kappa shape index (κ2) is 6.68. The van der Waals surface area contributed by atoms with Gasteiger partial charge in [-0.25, -0.2) is 0 Å². The first kappa shape index (κ1) is 18.0. The molecule has 27 heavy (non-hydrogen) atoms. The van der Waals surface area contributed by atoms with Crippen LogP contribution in [0.25, 0.3) is 0 Å². The Kier molecular flexibility index (Phi) is 4.46. The van der Waals surface area contributed by atoms with Gasteiger partial charge < -0.3 is 10.6 Å². The van der Waals surface area contributed by atoms with Gasteiger partial charge in [0.05, 0.1) is 11.1 Å². The van der Waals surface area contributed by atoms with Gasteiger partial charge in [0.1, 0.15) is 0 Å². The molecular formula is C21H21F3N2O. The van der Waals surface area contributed by atoms with E-state index in [0.717, 1.165) is 32.0 Å². The molecule has 0 saturated carbocycles. The van der Waals surface area contributed by atoms with E-state index in [2.05, 4.69) is 22.8 Å². The van der Waals surface area contributed by atoms with Crippen LogP contribution in [0, 0.1) is 0 Å². The summed E-state index contributed by atoms with van der Waals surface area (Å²) < 4.78 is 39.9. The minimum Gasteiger partial charge on any atom is -0.348 e. The Morgan fingerprint density at radius 3 is 2.44 bits per heavy atom. The lowest BCUT2D eigenvalue weighted by molar-refractivity contribution is -0.137. The molecule has 1 amide bonds. The fourth-order valence-electron chi connectivity index (χ4n) is 4.63. The molecule has 0 bridgehead atoms.